The standard InChI is InChI=1S/C20H18N4O/c21-13-17-19(25-14-15-7-2-1-3-8-15)18-16(9-6-10-22-18)20(23-17)24-11-4-5-12-24/h1-3,6-10H,4-5,11-12,14H2. The number of anilines is 1. The second-order valence-corrected chi connectivity index (χ2v) is 6.09. The van der Waals surface area contributed by atoms with E-state index in [0.717, 1.165) is 42.7 Å². The van der Waals surface area contributed by atoms with Crippen molar-refractivity contribution in [3.05, 3.63) is 59.9 Å². The molecular weight excluding hydrogens is 312 g/mol. The van der Waals surface area contributed by atoms with Crippen LogP contribution in [-0.2, 0) is 6.61 Å². The molecule has 5 nitrogen and oxygen atoms in total. The van der Waals surface area contributed by atoms with Crippen LogP contribution >= 0.6 is 0 Å². The highest BCUT2D eigenvalue weighted by atomic mass is 16.5. The van der Waals surface area contributed by atoms with E-state index in [9.17, 15) is 5.26 Å². The van der Waals surface area contributed by atoms with E-state index in [-0.39, 0.29) is 0 Å². The van der Waals surface area contributed by atoms with Gasteiger partial charge in [0.25, 0.3) is 0 Å². The van der Waals surface area contributed by atoms with Crippen LogP contribution in [-0.4, -0.2) is 23.1 Å². The molecule has 0 aliphatic carbocycles. The Morgan fingerprint density at radius 3 is 2.64 bits per heavy atom. The number of ether oxygens (including phenoxy) is 1. The molecule has 124 valence electrons. The molecule has 0 atom stereocenters. The summed E-state index contributed by atoms with van der Waals surface area (Å²) >= 11 is 0. The fourth-order valence-electron chi connectivity index (χ4n) is 3.21. The van der Waals surface area contributed by atoms with Gasteiger partial charge in [-0.15, -0.1) is 0 Å². The Bertz CT molecular complexity index is 928. The van der Waals surface area contributed by atoms with Crippen molar-refractivity contribution in [1.82, 2.24) is 9.97 Å². The number of aromatic nitrogens is 2. The Morgan fingerprint density at radius 1 is 1.08 bits per heavy atom. The van der Waals surface area contributed by atoms with Gasteiger partial charge in [0, 0.05) is 24.7 Å². The minimum atomic E-state index is 0.295. The van der Waals surface area contributed by atoms with Crippen molar-refractivity contribution >= 4 is 16.7 Å². The summed E-state index contributed by atoms with van der Waals surface area (Å²) in [6.45, 7) is 2.31. The fourth-order valence-corrected chi connectivity index (χ4v) is 3.21. The predicted molar refractivity (Wildman–Crippen MR) is 96.5 cm³/mol. The molecule has 1 saturated heterocycles. The van der Waals surface area contributed by atoms with Gasteiger partial charge in [0.15, 0.2) is 11.4 Å². The van der Waals surface area contributed by atoms with Gasteiger partial charge in [-0.05, 0) is 30.5 Å². The van der Waals surface area contributed by atoms with Crippen molar-refractivity contribution in [2.75, 3.05) is 18.0 Å². The fraction of sp³-hybridized carbons (Fsp3) is 0.250. The predicted octanol–water partition coefficient (Wildman–Crippen LogP) is 3.68. The summed E-state index contributed by atoms with van der Waals surface area (Å²) in [6.07, 6.45) is 4.03. The van der Waals surface area contributed by atoms with Crippen LogP contribution in [0.3, 0.4) is 0 Å². The maximum absolute atomic E-state index is 9.60. The quantitative estimate of drug-likeness (QED) is 0.730. The van der Waals surface area contributed by atoms with Crippen LogP contribution in [0.5, 0.6) is 5.75 Å². The highest BCUT2D eigenvalue weighted by molar-refractivity contribution is 5.95. The molecule has 4 rings (SSSR count). The first-order valence-electron chi connectivity index (χ1n) is 8.47. The van der Waals surface area contributed by atoms with Gasteiger partial charge in [-0.2, -0.15) is 5.26 Å². The molecule has 3 heterocycles. The highest BCUT2D eigenvalue weighted by Crippen LogP contribution is 2.34. The van der Waals surface area contributed by atoms with Crippen LogP contribution in [0, 0.1) is 11.3 Å². The molecular formula is C20H18N4O. The lowest BCUT2D eigenvalue weighted by atomic mass is 10.2. The minimum Gasteiger partial charge on any atom is -0.484 e. The molecule has 1 aliphatic rings. The molecule has 5 heteroatoms. The zero-order valence-corrected chi connectivity index (χ0v) is 13.9. The van der Waals surface area contributed by atoms with Crippen LogP contribution in [0.4, 0.5) is 5.82 Å². The van der Waals surface area contributed by atoms with Gasteiger partial charge in [0.1, 0.15) is 24.0 Å². The van der Waals surface area contributed by atoms with Crippen LogP contribution in [0.25, 0.3) is 10.9 Å². The van der Waals surface area contributed by atoms with Gasteiger partial charge in [-0.3, -0.25) is 4.98 Å². The number of benzene rings is 1. The number of rotatable bonds is 4. The Labute approximate surface area is 146 Å². The van der Waals surface area contributed by atoms with Gasteiger partial charge >= 0.3 is 0 Å². The van der Waals surface area contributed by atoms with E-state index in [1.165, 1.54) is 0 Å². The third kappa shape index (κ3) is 2.99. The zero-order valence-electron chi connectivity index (χ0n) is 13.9. The summed E-state index contributed by atoms with van der Waals surface area (Å²) in [7, 11) is 0. The largest absolute Gasteiger partial charge is 0.484 e. The van der Waals surface area contributed by atoms with E-state index in [1.54, 1.807) is 6.20 Å². The molecule has 1 aromatic carbocycles. The number of nitriles is 1. The normalized spacial score (nSPS) is 13.8. The lowest BCUT2D eigenvalue weighted by Gasteiger charge is -2.20. The average Bonchev–Trinajstić information content (AvgIpc) is 3.21. The molecule has 25 heavy (non-hydrogen) atoms. The molecule has 2 aromatic heterocycles. The average molecular weight is 330 g/mol. The topological polar surface area (TPSA) is 62.0 Å². The Hall–Kier alpha value is -3.13. The summed E-state index contributed by atoms with van der Waals surface area (Å²) in [6, 6.07) is 16.0. The number of hydrogen-bond acceptors (Lipinski definition) is 5. The lowest BCUT2D eigenvalue weighted by molar-refractivity contribution is 0.307. The maximum Gasteiger partial charge on any atom is 0.187 e. The van der Waals surface area contributed by atoms with E-state index in [2.05, 4.69) is 20.9 Å². The van der Waals surface area contributed by atoms with Crippen molar-refractivity contribution in [2.45, 2.75) is 19.4 Å². The number of nitrogens with zero attached hydrogens (tertiary/aromatic N) is 4. The summed E-state index contributed by atoms with van der Waals surface area (Å²) in [5, 5.41) is 10.5. The number of fused-ring (bicyclic) bond motifs is 1. The third-order valence-corrected chi connectivity index (χ3v) is 4.43. The second kappa shape index (κ2) is 6.78. The Balaban J connectivity index is 1.78. The van der Waals surface area contributed by atoms with E-state index < -0.39 is 0 Å². The van der Waals surface area contributed by atoms with Crippen molar-refractivity contribution in [2.24, 2.45) is 0 Å². The van der Waals surface area contributed by atoms with Crippen LogP contribution < -0.4 is 9.64 Å². The molecule has 0 amide bonds. The number of pyridine rings is 2. The molecule has 0 N–H and O–H groups in total. The second-order valence-electron chi connectivity index (χ2n) is 6.09. The Kier molecular flexibility index (Phi) is 4.17. The van der Waals surface area contributed by atoms with Crippen LogP contribution in [0.15, 0.2) is 48.7 Å². The highest BCUT2D eigenvalue weighted by Gasteiger charge is 2.22. The van der Waals surface area contributed by atoms with E-state index >= 15 is 0 Å². The van der Waals surface area contributed by atoms with Gasteiger partial charge in [0.05, 0.1) is 0 Å². The monoisotopic (exact) mass is 330 g/mol. The van der Waals surface area contributed by atoms with Crippen LogP contribution in [0.1, 0.15) is 24.1 Å². The van der Waals surface area contributed by atoms with Gasteiger partial charge in [0.2, 0.25) is 0 Å². The molecule has 1 aliphatic heterocycles. The van der Waals surface area contributed by atoms with Gasteiger partial charge in [-0.25, -0.2) is 4.98 Å². The van der Waals surface area contributed by atoms with Gasteiger partial charge in [-0.1, -0.05) is 30.3 Å². The molecule has 0 bridgehead atoms. The van der Waals surface area contributed by atoms with E-state index in [1.807, 2.05) is 42.5 Å². The minimum absolute atomic E-state index is 0.295. The van der Waals surface area contributed by atoms with Crippen molar-refractivity contribution in [3.8, 4) is 11.8 Å². The zero-order chi connectivity index (χ0) is 17.1. The van der Waals surface area contributed by atoms with Crippen molar-refractivity contribution in [3.63, 3.8) is 0 Å². The third-order valence-electron chi connectivity index (χ3n) is 4.43. The van der Waals surface area contributed by atoms with Crippen molar-refractivity contribution in [1.29, 1.82) is 5.26 Å². The first-order valence-corrected chi connectivity index (χ1v) is 8.47. The van der Waals surface area contributed by atoms with E-state index in [0.29, 0.717) is 23.6 Å². The molecule has 1 fully saturated rings. The van der Waals surface area contributed by atoms with Crippen LogP contribution in [0.2, 0.25) is 0 Å². The van der Waals surface area contributed by atoms with Crippen molar-refractivity contribution < 1.29 is 4.74 Å². The molecule has 3 aromatic rings. The lowest BCUT2D eigenvalue weighted by Crippen LogP contribution is -2.20. The number of hydrogen-bond donors (Lipinski definition) is 0. The smallest absolute Gasteiger partial charge is 0.187 e. The summed E-state index contributed by atoms with van der Waals surface area (Å²) in [5.74, 6) is 1.30. The van der Waals surface area contributed by atoms with Gasteiger partial charge < -0.3 is 9.64 Å². The summed E-state index contributed by atoms with van der Waals surface area (Å²) < 4.78 is 5.98. The Morgan fingerprint density at radius 2 is 1.88 bits per heavy atom. The first-order chi connectivity index (χ1) is 12.4. The first kappa shape index (κ1) is 15.4. The molecule has 0 radical (unpaired) electrons. The summed E-state index contributed by atoms with van der Waals surface area (Å²) in [4.78, 5) is 11.3. The van der Waals surface area contributed by atoms with E-state index in [4.69, 9.17) is 4.74 Å². The molecule has 0 saturated carbocycles. The SMILES string of the molecule is N#Cc1nc(N2CCCC2)c2cccnc2c1OCc1ccccc1. The molecule has 0 spiro atoms. The molecule has 0 unspecified atom stereocenters. The maximum atomic E-state index is 9.60. The summed E-state index contributed by atoms with van der Waals surface area (Å²) in [5.41, 5.74) is 2.04.